The average Bonchev–Trinajstić information content (AvgIpc) is 2.34. The van der Waals surface area contributed by atoms with Gasteiger partial charge in [-0.15, -0.1) is 8.78 Å². The number of hydrogen-bond acceptors (Lipinski definition) is 3. The first kappa shape index (κ1) is 11.3. The Morgan fingerprint density at radius 1 is 1.25 bits per heavy atom. The van der Waals surface area contributed by atoms with Crippen LogP contribution in [0, 0.1) is 0 Å². The topological polar surface area (TPSA) is 44.5 Å². The predicted molar refractivity (Wildman–Crippen MR) is 54.8 cm³/mol. The van der Waals surface area contributed by atoms with Crippen LogP contribution in [0.1, 0.15) is 5.56 Å². The van der Waals surface area contributed by atoms with E-state index >= 15 is 0 Å². The normalized spacial score (nSPS) is 17.4. The summed E-state index contributed by atoms with van der Waals surface area (Å²) in [5.74, 6) is -0.0721. The van der Waals surface area contributed by atoms with Crippen LogP contribution in [0.4, 0.5) is 8.78 Å². The number of nitrogens with two attached hydrogens (primary N) is 1. The van der Waals surface area contributed by atoms with E-state index < -0.39 is 11.6 Å². The number of benzene rings is 1. The lowest BCUT2D eigenvalue weighted by Gasteiger charge is -2.19. The molecular weight excluding hydrogens is 214 g/mol. The van der Waals surface area contributed by atoms with Crippen molar-refractivity contribution in [2.75, 3.05) is 0 Å². The number of fused-ring (bicyclic) bond motifs is 1. The second kappa shape index (κ2) is 3.38. The van der Waals surface area contributed by atoms with E-state index in [1.54, 1.807) is 6.07 Å². The molecule has 0 unspecified atom stereocenters. The number of alkyl halides is 2. The lowest BCUT2D eigenvalue weighted by atomic mass is 9.60. The Hall–Kier alpha value is -1.23. The smallest absolute Gasteiger partial charge is 0.395 e. The fourth-order valence-corrected chi connectivity index (χ4v) is 1.46. The molecule has 1 aromatic rings. The molecule has 1 aromatic carbocycles. The SMILES string of the molecule is [B]C([B])(N)Cc1ccc2c(c1)OC(F)(F)O2. The Balaban J connectivity index is 2.23. The zero-order chi connectivity index (χ0) is 12.0. The molecule has 0 atom stereocenters. The van der Waals surface area contributed by atoms with Crippen molar-refractivity contribution in [3.05, 3.63) is 23.8 Å². The molecule has 1 aliphatic rings. The van der Waals surface area contributed by atoms with Crippen LogP contribution < -0.4 is 15.2 Å². The van der Waals surface area contributed by atoms with Crippen molar-refractivity contribution in [1.29, 1.82) is 0 Å². The molecule has 16 heavy (non-hydrogen) atoms. The fourth-order valence-electron chi connectivity index (χ4n) is 1.46. The zero-order valence-electron chi connectivity index (χ0n) is 8.24. The van der Waals surface area contributed by atoms with Gasteiger partial charge in [0.15, 0.2) is 11.5 Å². The Labute approximate surface area is 93.7 Å². The van der Waals surface area contributed by atoms with Crippen LogP contribution in [-0.4, -0.2) is 27.3 Å². The van der Waals surface area contributed by atoms with Gasteiger partial charge in [-0.25, -0.2) is 0 Å². The average molecular weight is 221 g/mol. The van der Waals surface area contributed by atoms with E-state index in [4.69, 9.17) is 21.4 Å². The van der Waals surface area contributed by atoms with Gasteiger partial charge in [-0.2, -0.15) is 0 Å². The van der Waals surface area contributed by atoms with Crippen LogP contribution in [-0.2, 0) is 6.42 Å². The van der Waals surface area contributed by atoms with Crippen LogP contribution in [0.3, 0.4) is 0 Å². The molecule has 0 bridgehead atoms. The van der Waals surface area contributed by atoms with E-state index in [9.17, 15) is 8.78 Å². The van der Waals surface area contributed by atoms with E-state index in [0.29, 0.717) is 5.56 Å². The van der Waals surface area contributed by atoms with Crippen LogP contribution in [0.5, 0.6) is 11.5 Å². The fraction of sp³-hybridized carbons (Fsp3) is 0.333. The summed E-state index contributed by atoms with van der Waals surface area (Å²) in [6.07, 6.45) is -3.48. The summed E-state index contributed by atoms with van der Waals surface area (Å²) in [6.45, 7) is 0. The molecule has 0 aliphatic carbocycles. The molecule has 0 saturated heterocycles. The van der Waals surface area contributed by atoms with Crippen molar-refractivity contribution >= 4 is 15.7 Å². The van der Waals surface area contributed by atoms with Gasteiger partial charge in [-0.05, 0) is 24.1 Å². The molecule has 0 spiro atoms. The minimum Gasteiger partial charge on any atom is -0.395 e. The summed E-state index contributed by atoms with van der Waals surface area (Å²) >= 11 is 0. The highest BCUT2D eigenvalue weighted by Gasteiger charge is 2.43. The minimum atomic E-state index is -3.62. The molecule has 0 amide bonds. The summed E-state index contributed by atoms with van der Waals surface area (Å²) in [5, 5.41) is -1.39. The molecule has 1 aliphatic heterocycles. The highest BCUT2D eigenvalue weighted by Crippen LogP contribution is 2.41. The van der Waals surface area contributed by atoms with Gasteiger partial charge in [0.2, 0.25) is 0 Å². The number of rotatable bonds is 2. The zero-order valence-corrected chi connectivity index (χ0v) is 8.24. The molecule has 2 rings (SSSR count). The summed E-state index contributed by atoms with van der Waals surface area (Å²) in [5.41, 5.74) is 5.99. The summed E-state index contributed by atoms with van der Waals surface area (Å²) in [6, 6.07) is 4.28. The predicted octanol–water partition coefficient (Wildman–Crippen LogP) is 0.500. The molecule has 2 N–H and O–H groups in total. The maximum absolute atomic E-state index is 12.7. The van der Waals surface area contributed by atoms with Crippen LogP contribution >= 0.6 is 0 Å². The van der Waals surface area contributed by atoms with E-state index in [1.807, 2.05) is 0 Å². The maximum atomic E-state index is 12.7. The monoisotopic (exact) mass is 221 g/mol. The van der Waals surface area contributed by atoms with E-state index in [2.05, 4.69) is 9.47 Å². The highest BCUT2D eigenvalue weighted by molar-refractivity contribution is 6.39. The summed E-state index contributed by atoms with van der Waals surface area (Å²) in [4.78, 5) is 0. The lowest BCUT2D eigenvalue weighted by molar-refractivity contribution is -0.286. The number of halogens is 2. The first-order chi connectivity index (χ1) is 7.25. The van der Waals surface area contributed by atoms with Crippen LogP contribution in [0.25, 0.3) is 0 Å². The molecule has 1 heterocycles. The molecule has 4 radical (unpaired) electrons. The first-order valence-electron chi connectivity index (χ1n) is 4.51. The van der Waals surface area contributed by atoms with Crippen molar-refractivity contribution in [2.45, 2.75) is 18.1 Å². The Morgan fingerprint density at radius 3 is 2.50 bits per heavy atom. The summed E-state index contributed by atoms with van der Waals surface area (Å²) in [7, 11) is 10.8. The van der Waals surface area contributed by atoms with Crippen molar-refractivity contribution < 1.29 is 18.3 Å². The number of hydrogen-bond donors (Lipinski definition) is 1. The quantitative estimate of drug-likeness (QED) is 0.739. The van der Waals surface area contributed by atoms with E-state index in [0.717, 1.165) is 0 Å². The second-order valence-electron chi connectivity index (χ2n) is 3.74. The minimum absolute atomic E-state index is 0.0228. The van der Waals surface area contributed by atoms with Crippen LogP contribution in [0.15, 0.2) is 18.2 Å². The first-order valence-corrected chi connectivity index (χ1v) is 4.51. The van der Waals surface area contributed by atoms with Crippen molar-refractivity contribution in [2.24, 2.45) is 5.73 Å². The van der Waals surface area contributed by atoms with Crippen molar-refractivity contribution in [3.63, 3.8) is 0 Å². The van der Waals surface area contributed by atoms with E-state index in [1.165, 1.54) is 12.1 Å². The third kappa shape index (κ3) is 2.47. The van der Waals surface area contributed by atoms with Gasteiger partial charge in [0.1, 0.15) is 0 Å². The van der Waals surface area contributed by atoms with Gasteiger partial charge in [0.05, 0.1) is 15.7 Å². The van der Waals surface area contributed by atoms with Crippen molar-refractivity contribution in [3.8, 4) is 11.5 Å². The van der Waals surface area contributed by atoms with Crippen LogP contribution in [0.2, 0.25) is 0 Å². The summed E-state index contributed by atoms with van der Waals surface area (Å²) < 4.78 is 33.9. The molecule has 0 saturated carbocycles. The second-order valence-corrected chi connectivity index (χ2v) is 3.74. The molecule has 7 heteroatoms. The van der Waals surface area contributed by atoms with Crippen molar-refractivity contribution in [1.82, 2.24) is 0 Å². The third-order valence-corrected chi connectivity index (χ3v) is 1.98. The largest absolute Gasteiger partial charge is 0.586 e. The Bertz CT molecular complexity index is 420. The Morgan fingerprint density at radius 2 is 1.88 bits per heavy atom. The lowest BCUT2D eigenvalue weighted by Crippen LogP contribution is -2.43. The van der Waals surface area contributed by atoms with Gasteiger partial charge in [0, 0.05) is 0 Å². The maximum Gasteiger partial charge on any atom is 0.586 e. The van der Waals surface area contributed by atoms with Gasteiger partial charge in [-0.1, -0.05) is 11.4 Å². The van der Waals surface area contributed by atoms with Gasteiger partial charge in [-0.3, -0.25) is 0 Å². The van der Waals surface area contributed by atoms with E-state index in [-0.39, 0.29) is 17.9 Å². The molecule has 0 fully saturated rings. The molecular formula is C9H7B2F2NO2. The molecule has 3 nitrogen and oxygen atoms in total. The van der Waals surface area contributed by atoms with Gasteiger partial charge >= 0.3 is 6.29 Å². The number of ether oxygens (including phenoxy) is 2. The Kier molecular flexibility index (Phi) is 2.38. The standard InChI is InChI=1S/C9H7B2F2NO2/c10-8(11,14)4-5-1-2-6-7(3-5)16-9(12,13)15-6/h1-3H,4,14H2. The third-order valence-electron chi connectivity index (χ3n) is 1.98. The van der Waals surface area contributed by atoms with Gasteiger partial charge in [0.25, 0.3) is 0 Å². The molecule has 80 valence electrons. The molecule has 0 aromatic heterocycles. The van der Waals surface area contributed by atoms with Gasteiger partial charge < -0.3 is 15.2 Å². The highest BCUT2D eigenvalue weighted by atomic mass is 19.3.